The van der Waals surface area contributed by atoms with E-state index in [1.54, 1.807) is 140 Å². The molecular weight excluding hydrogens is 2150 g/mol. The third kappa shape index (κ3) is 23.0. The second-order valence-electron chi connectivity index (χ2n) is 21.8. The van der Waals surface area contributed by atoms with Crippen LogP contribution in [0.25, 0.3) is 90.6 Å². The normalized spacial score (nSPS) is 10.2. The van der Waals surface area contributed by atoms with Crippen LogP contribution in [0.4, 0.5) is 0 Å². The predicted octanol–water partition coefficient (Wildman–Crippen LogP) is 18.8. The van der Waals surface area contributed by atoms with Crippen molar-refractivity contribution in [1.29, 1.82) is 0 Å². The molecule has 0 aliphatic carbocycles. The molecule has 17 nitrogen and oxygen atoms in total. The standard InChI is InChI=1S/3C21H14N3OS.C20H13N4OS.4Pt/c25-19-9-2-1-8-17(19)18-11-13-23-21(24-18)15-6-5-7-16(14-15)26-20-10-3-4-12-22-20;25-19-9-2-1-8-17(19)21-23-13-11-18(24-21)15-6-5-7-16(14-15)26-20-10-3-4-12-22-20;25-20-9-2-1-8-17(20)19-14-22-13-18(24-19)15-6-5-7-16(12-15)26-21-10-3-4-11-23-21;25-17-9-2-1-8-16(17)20-23-13-22-19(24-20)14-6-5-7-15(12-14)26-18-10-3-4-11-21-18;;;;/h2*1-13,25H;1-11,13-14,25H;1-11,13,25H;;;;/q4*-1;;;;. The second kappa shape index (κ2) is 41.9. The van der Waals surface area contributed by atoms with Crippen LogP contribution in [0, 0.1) is 24.3 Å². The second-order valence-corrected chi connectivity index (χ2v) is 26.1. The quantitative estimate of drug-likeness (QED) is 0.0656. The van der Waals surface area contributed by atoms with E-state index in [1.807, 2.05) is 188 Å². The Labute approximate surface area is 697 Å². The first-order valence-corrected chi connectivity index (χ1v) is 35.2. The third-order valence-electron chi connectivity index (χ3n) is 14.7. The largest absolute Gasteiger partial charge is 0.507 e. The molecule has 8 aromatic carbocycles. The van der Waals surface area contributed by atoms with Crippen LogP contribution in [0.15, 0.2) is 350 Å². The van der Waals surface area contributed by atoms with Gasteiger partial charge in [0.1, 0.15) is 29.3 Å². The SMILES string of the molecule is Oc1ccccc1-c1ccnc(-c2[c-]c(Sc3ccccn3)ccc2)n1.Oc1ccccc1-c1cncc(-c2[c-]c(Sc3ccccn3)ccc2)n1.Oc1ccccc1-c1nccc(-c2[c-]c(Sc3ccccn3)ccc2)n1.Oc1ccccc1-c1ncnc(-c2[c-]c(Sc3ccccn3)ccc2)n1.[Pt].[Pt].[Pt].[Pt]. The number of aromatic nitrogens is 13. The Balaban J connectivity index is 0.000000164. The van der Waals surface area contributed by atoms with Gasteiger partial charge in [-0.2, -0.15) is 0 Å². The Kier molecular flexibility index (Phi) is 31.8. The van der Waals surface area contributed by atoms with Gasteiger partial charge in [-0.05, 0) is 109 Å². The fourth-order valence-corrected chi connectivity index (χ4v) is 13.0. The molecular formula is C83H55N13O4Pt4S4-4. The minimum atomic E-state index is 0. The number of benzene rings is 8. The molecule has 0 aliphatic heterocycles. The van der Waals surface area contributed by atoms with Gasteiger partial charge in [0.15, 0.2) is 11.6 Å². The fraction of sp³-hybridized carbons (Fsp3) is 0. The van der Waals surface area contributed by atoms with Crippen LogP contribution >= 0.6 is 47.0 Å². The van der Waals surface area contributed by atoms with E-state index in [0.717, 1.165) is 67.6 Å². The van der Waals surface area contributed by atoms with Gasteiger partial charge in [0.25, 0.3) is 0 Å². The van der Waals surface area contributed by atoms with Crippen molar-refractivity contribution in [2.24, 2.45) is 0 Å². The molecule has 0 saturated heterocycles. The molecule has 8 heterocycles. The minimum absolute atomic E-state index is 0. The first-order chi connectivity index (χ1) is 51.2. The summed E-state index contributed by atoms with van der Waals surface area (Å²) < 4.78 is 0. The number of hydrogen-bond donors (Lipinski definition) is 4. The van der Waals surface area contributed by atoms with Crippen LogP contribution in [0.3, 0.4) is 0 Å². The molecule has 0 aliphatic rings. The average Bonchev–Trinajstić information content (AvgIpc) is 0.833. The van der Waals surface area contributed by atoms with Crippen molar-refractivity contribution in [1.82, 2.24) is 64.8 Å². The van der Waals surface area contributed by atoms with Crippen molar-refractivity contribution >= 4 is 47.0 Å². The molecule has 0 atom stereocenters. The molecule has 16 rings (SSSR count). The van der Waals surface area contributed by atoms with Crippen molar-refractivity contribution in [2.75, 3.05) is 0 Å². The van der Waals surface area contributed by atoms with E-state index >= 15 is 0 Å². The molecule has 0 spiro atoms. The summed E-state index contributed by atoms with van der Waals surface area (Å²) in [4.78, 5) is 60.7. The summed E-state index contributed by atoms with van der Waals surface area (Å²) in [6, 6.07) is 91.9. The molecule has 544 valence electrons. The Morgan fingerprint density at radius 3 is 0.981 bits per heavy atom. The van der Waals surface area contributed by atoms with Gasteiger partial charge in [-0.25, -0.2) is 29.9 Å². The minimum Gasteiger partial charge on any atom is -0.507 e. The van der Waals surface area contributed by atoms with Gasteiger partial charge >= 0.3 is 0 Å². The number of nitrogens with zero attached hydrogens (tertiary/aromatic N) is 13. The van der Waals surface area contributed by atoms with Crippen molar-refractivity contribution in [3.8, 4) is 114 Å². The molecule has 0 unspecified atom stereocenters. The maximum Gasteiger partial charge on any atom is 0.157 e. The summed E-state index contributed by atoms with van der Waals surface area (Å²) in [5.41, 5.74) is 8.51. The number of rotatable bonds is 16. The number of pyridine rings is 4. The van der Waals surface area contributed by atoms with E-state index in [1.165, 1.54) is 29.9 Å². The van der Waals surface area contributed by atoms with Gasteiger partial charge in [0.2, 0.25) is 0 Å². The van der Waals surface area contributed by atoms with Crippen molar-refractivity contribution in [2.45, 2.75) is 39.7 Å². The topological polar surface area (TPSA) is 248 Å². The molecule has 108 heavy (non-hydrogen) atoms. The third-order valence-corrected chi connectivity index (χ3v) is 18.3. The van der Waals surface area contributed by atoms with Gasteiger partial charge < -0.3 is 20.4 Å². The number of hydrogen-bond acceptors (Lipinski definition) is 21. The molecule has 8 aromatic heterocycles. The molecule has 0 fully saturated rings. The van der Waals surface area contributed by atoms with Crippen LogP contribution in [-0.4, -0.2) is 85.2 Å². The van der Waals surface area contributed by atoms with Crippen molar-refractivity contribution in [3.63, 3.8) is 0 Å². The van der Waals surface area contributed by atoms with Gasteiger partial charge in [-0.3, -0.25) is 34.9 Å². The van der Waals surface area contributed by atoms with Crippen molar-refractivity contribution < 1.29 is 105 Å². The predicted molar refractivity (Wildman–Crippen MR) is 405 cm³/mol. The maximum absolute atomic E-state index is 10.1. The summed E-state index contributed by atoms with van der Waals surface area (Å²) in [6.07, 6.45) is 15.2. The summed E-state index contributed by atoms with van der Waals surface area (Å²) in [7, 11) is 0. The Morgan fingerprint density at radius 2 is 0.556 bits per heavy atom. The van der Waals surface area contributed by atoms with Crippen molar-refractivity contribution in [3.05, 3.63) is 335 Å². The number of para-hydroxylation sites is 4. The molecule has 0 bridgehead atoms. The van der Waals surface area contributed by atoms with Gasteiger partial charge in [-0.15, -0.1) is 119 Å². The van der Waals surface area contributed by atoms with E-state index < -0.39 is 0 Å². The smallest absolute Gasteiger partial charge is 0.157 e. The fourth-order valence-electron chi connectivity index (χ4n) is 9.83. The molecule has 16 aromatic rings. The Morgan fingerprint density at radius 1 is 0.231 bits per heavy atom. The van der Waals surface area contributed by atoms with Crippen LogP contribution in [0.1, 0.15) is 0 Å². The number of aromatic hydroxyl groups is 4. The monoisotopic (exact) mass is 2210 g/mol. The molecule has 0 amide bonds. The zero-order valence-corrected chi connectivity index (χ0v) is 68.3. The first-order valence-electron chi connectivity index (χ1n) is 31.9. The zero-order chi connectivity index (χ0) is 71.1. The van der Waals surface area contributed by atoms with Crippen LogP contribution in [0.5, 0.6) is 23.0 Å². The van der Waals surface area contributed by atoms with E-state index in [9.17, 15) is 20.4 Å². The summed E-state index contributed by atoms with van der Waals surface area (Å²) in [5, 5.41) is 43.8. The van der Waals surface area contributed by atoms with Gasteiger partial charge in [0.05, 0.1) is 60.5 Å². The van der Waals surface area contributed by atoms with E-state index in [-0.39, 0.29) is 107 Å². The van der Waals surface area contributed by atoms with Gasteiger partial charge in [-0.1, -0.05) is 145 Å². The zero-order valence-electron chi connectivity index (χ0n) is 55.9. The molecule has 0 saturated carbocycles. The molecule has 4 N–H and O–H groups in total. The number of phenols is 4. The summed E-state index contributed by atoms with van der Waals surface area (Å²) in [5.74, 6) is 2.64. The Bertz CT molecular complexity index is 4860. The van der Waals surface area contributed by atoms with Crippen LogP contribution < -0.4 is 0 Å². The van der Waals surface area contributed by atoms with Gasteiger partial charge in [0, 0.05) is 144 Å². The molecule has 0 radical (unpaired) electrons. The Hall–Kier alpha value is -10.0. The first kappa shape index (κ1) is 82.0. The summed E-state index contributed by atoms with van der Waals surface area (Å²) >= 11 is 6.15. The van der Waals surface area contributed by atoms with E-state index in [4.69, 9.17) is 0 Å². The van der Waals surface area contributed by atoms with Crippen LogP contribution in [-0.2, 0) is 84.3 Å². The average molecular weight is 2210 g/mol. The number of phenolic OH excluding ortho intramolecular Hbond substituents is 4. The maximum atomic E-state index is 10.1. The summed E-state index contributed by atoms with van der Waals surface area (Å²) in [6.45, 7) is 0. The molecule has 25 heteroatoms. The van der Waals surface area contributed by atoms with Crippen LogP contribution in [0.2, 0.25) is 0 Å². The van der Waals surface area contributed by atoms with E-state index in [2.05, 4.69) is 89.1 Å². The van der Waals surface area contributed by atoms with E-state index in [0.29, 0.717) is 62.6 Å².